The zero-order chi connectivity index (χ0) is 15.0. The molecule has 0 spiro atoms. The third-order valence-corrected chi connectivity index (χ3v) is 4.43. The molecule has 2 fully saturated rings. The lowest BCUT2D eigenvalue weighted by atomic mass is 9.89. The molecule has 2 atom stereocenters. The zero-order valence-electron chi connectivity index (χ0n) is 13.3. The summed E-state index contributed by atoms with van der Waals surface area (Å²) in [6.45, 7) is 7.20. The topological polar surface area (TPSA) is 48.0 Å². The summed E-state index contributed by atoms with van der Waals surface area (Å²) >= 11 is 0. The number of carbonyl (C=O) groups excluding carboxylic acids is 1. The molecule has 20 heavy (non-hydrogen) atoms. The van der Waals surface area contributed by atoms with E-state index in [9.17, 15) is 4.79 Å². The van der Waals surface area contributed by atoms with Crippen molar-refractivity contribution in [3.63, 3.8) is 0 Å². The van der Waals surface area contributed by atoms with E-state index < -0.39 is 11.4 Å². The minimum Gasteiger partial charge on any atom is -0.444 e. The number of fused-ring (bicyclic) bond motifs is 1. The number of ether oxygens (including phenoxy) is 3. The van der Waals surface area contributed by atoms with E-state index in [2.05, 4.69) is 0 Å². The summed E-state index contributed by atoms with van der Waals surface area (Å²) < 4.78 is 16.6. The van der Waals surface area contributed by atoms with E-state index in [1.165, 1.54) is 0 Å². The lowest BCUT2D eigenvalue weighted by molar-refractivity contribution is -0.203. The van der Waals surface area contributed by atoms with Crippen molar-refractivity contribution in [2.75, 3.05) is 27.3 Å². The molecular formula is C15H27NO4. The number of amides is 1. The summed E-state index contributed by atoms with van der Waals surface area (Å²) in [5, 5.41) is 0. The number of methoxy groups -OCH3 is 2. The summed E-state index contributed by atoms with van der Waals surface area (Å²) in [5.41, 5.74) is -0.438. The Morgan fingerprint density at radius 2 is 1.75 bits per heavy atom. The van der Waals surface area contributed by atoms with E-state index in [0.29, 0.717) is 11.8 Å². The van der Waals surface area contributed by atoms with E-state index >= 15 is 0 Å². The van der Waals surface area contributed by atoms with Crippen LogP contribution in [0.25, 0.3) is 0 Å². The van der Waals surface area contributed by atoms with Crippen molar-refractivity contribution < 1.29 is 19.0 Å². The zero-order valence-corrected chi connectivity index (χ0v) is 13.3. The molecule has 0 bridgehead atoms. The van der Waals surface area contributed by atoms with Crippen LogP contribution in [0.15, 0.2) is 0 Å². The van der Waals surface area contributed by atoms with E-state index in [1.807, 2.05) is 25.7 Å². The van der Waals surface area contributed by atoms with Gasteiger partial charge in [0.1, 0.15) is 5.60 Å². The maximum atomic E-state index is 12.1. The van der Waals surface area contributed by atoms with Gasteiger partial charge in [0.05, 0.1) is 0 Å². The molecule has 0 aromatic carbocycles. The fourth-order valence-electron chi connectivity index (χ4n) is 3.37. The van der Waals surface area contributed by atoms with Gasteiger partial charge < -0.3 is 19.1 Å². The lowest BCUT2D eigenvalue weighted by Gasteiger charge is -2.35. The van der Waals surface area contributed by atoms with Gasteiger partial charge in [0.25, 0.3) is 0 Å². The number of hydrogen-bond donors (Lipinski definition) is 0. The second-order valence-electron chi connectivity index (χ2n) is 6.96. The van der Waals surface area contributed by atoms with Crippen molar-refractivity contribution in [2.24, 2.45) is 11.8 Å². The van der Waals surface area contributed by atoms with Crippen molar-refractivity contribution in [3.8, 4) is 0 Å². The molecule has 1 amide bonds. The molecule has 2 rings (SSSR count). The van der Waals surface area contributed by atoms with E-state index in [1.54, 1.807) is 14.2 Å². The van der Waals surface area contributed by atoms with Gasteiger partial charge >= 0.3 is 6.09 Å². The van der Waals surface area contributed by atoms with Crippen molar-refractivity contribution in [2.45, 2.75) is 51.4 Å². The number of carbonyl (C=O) groups is 1. The maximum Gasteiger partial charge on any atom is 0.410 e. The molecule has 1 saturated carbocycles. The summed E-state index contributed by atoms with van der Waals surface area (Å²) in [6, 6.07) is 0. The summed E-state index contributed by atoms with van der Waals surface area (Å²) in [7, 11) is 3.40. The fourth-order valence-corrected chi connectivity index (χ4v) is 3.37. The van der Waals surface area contributed by atoms with Crippen molar-refractivity contribution in [3.05, 3.63) is 0 Å². The third kappa shape index (κ3) is 3.26. The molecule has 0 unspecified atom stereocenters. The lowest BCUT2D eigenvalue weighted by Crippen LogP contribution is -2.44. The monoisotopic (exact) mass is 285 g/mol. The van der Waals surface area contributed by atoms with Crippen LogP contribution < -0.4 is 0 Å². The van der Waals surface area contributed by atoms with Gasteiger partial charge in [0.15, 0.2) is 5.79 Å². The van der Waals surface area contributed by atoms with Crippen LogP contribution in [0.1, 0.15) is 40.0 Å². The highest BCUT2D eigenvalue weighted by Crippen LogP contribution is 2.45. The first-order valence-electron chi connectivity index (χ1n) is 7.37. The number of likely N-dealkylation sites (tertiary alicyclic amines) is 1. The van der Waals surface area contributed by atoms with Gasteiger partial charge in [-0.3, -0.25) is 0 Å². The van der Waals surface area contributed by atoms with Crippen molar-refractivity contribution in [1.82, 2.24) is 4.90 Å². The van der Waals surface area contributed by atoms with Gasteiger partial charge in [-0.1, -0.05) is 0 Å². The number of nitrogens with zero attached hydrogens (tertiary/aromatic N) is 1. The quantitative estimate of drug-likeness (QED) is 0.732. The second kappa shape index (κ2) is 5.53. The molecule has 1 aliphatic heterocycles. The van der Waals surface area contributed by atoms with Crippen LogP contribution in [-0.4, -0.2) is 49.7 Å². The normalized spacial score (nSPS) is 29.1. The summed E-state index contributed by atoms with van der Waals surface area (Å²) in [6.07, 6.45) is 2.57. The van der Waals surface area contributed by atoms with Gasteiger partial charge in [0.2, 0.25) is 0 Å². The minimum atomic E-state index is -0.459. The first-order chi connectivity index (χ1) is 9.28. The van der Waals surface area contributed by atoms with Crippen LogP contribution in [0.2, 0.25) is 0 Å². The molecule has 1 heterocycles. The van der Waals surface area contributed by atoms with E-state index in [0.717, 1.165) is 32.4 Å². The SMILES string of the molecule is COC1(OC)C[C@H]2CCN(C(=O)OC(C)(C)C)C[C@H]2C1. The first kappa shape index (κ1) is 15.6. The molecule has 0 radical (unpaired) electrons. The van der Waals surface area contributed by atoms with Crippen LogP contribution in [0, 0.1) is 11.8 Å². The van der Waals surface area contributed by atoms with Crippen LogP contribution >= 0.6 is 0 Å². The molecular weight excluding hydrogens is 258 g/mol. The van der Waals surface area contributed by atoms with Gasteiger partial charge in [-0.25, -0.2) is 4.79 Å². The Morgan fingerprint density at radius 1 is 1.15 bits per heavy atom. The van der Waals surface area contributed by atoms with Crippen molar-refractivity contribution >= 4 is 6.09 Å². The fraction of sp³-hybridized carbons (Fsp3) is 0.933. The highest BCUT2D eigenvalue weighted by atomic mass is 16.7. The molecule has 5 heteroatoms. The Morgan fingerprint density at radius 3 is 2.30 bits per heavy atom. The predicted octanol–water partition coefficient (Wildman–Crippen LogP) is 2.64. The van der Waals surface area contributed by atoms with Gasteiger partial charge in [-0.05, 0) is 39.0 Å². The van der Waals surface area contributed by atoms with Crippen LogP contribution in [-0.2, 0) is 14.2 Å². The minimum absolute atomic E-state index is 0.205. The van der Waals surface area contributed by atoms with Crippen LogP contribution in [0.3, 0.4) is 0 Å². The first-order valence-corrected chi connectivity index (χ1v) is 7.37. The molecule has 0 aromatic heterocycles. The third-order valence-electron chi connectivity index (χ3n) is 4.43. The van der Waals surface area contributed by atoms with Gasteiger partial charge in [-0.15, -0.1) is 0 Å². The number of hydrogen-bond acceptors (Lipinski definition) is 4. The summed E-state index contributed by atoms with van der Waals surface area (Å²) in [5.74, 6) is 0.559. The van der Waals surface area contributed by atoms with Gasteiger partial charge in [0, 0.05) is 40.2 Å². The molecule has 5 nitrogen and oxygen atoms in total. The van der Waals surface area contributed by atoms with Gasteiger partial charge in [-0.2, -0.15) is 0 Å². The average Bonchev–Trinajstić information content (AvgIpc) is 2.75. The van der Waals surface area contributed by atoms with Crippen LogP contribution in [0.4, 0.5) is 4.79 Å². The molecule has 1 saturated heterocycles. The maximum absolute atomic E-state index is 12.1. The predicted molar refractivity (Wildman–Crippen MR) is 75.4 cm³/mol. The molecule has 1 aliphatic carbocycles. The molecule has 0 aromatic rings. The molecule has 2 aliphatic rings. The second-order valence-corrected chi connectivity index (χ2v) is 6.96. The Labute approximate surface area is 121 Å². The number of piperidine rings is 1. The Kier molecular flexibility index (Phi) is 4.30. The number of rotatable bonds is 2. The van der Waals surface area contributed by atoms with Crippen LogP contribution in [0.5, 0.6) is 0 Å². The molecule has 0 N–H and O–H groups in total. The Balaban J connectivity index is 1.96. The Hall–Kier alpha value is -0.810. The molecule has 116 valence electrons. The average molecular weight is 285 g/mol. The van der Waals surface area contributed by atoms with E-state index in [-0.39, 0.29) is 6.09 Å². The van der Waals surface area contributed by atoms with Crippen molar-refractivity contribution in [1.29, 1.82) is 0 Å². The highest BCUT2D eigenvalue weighted by Gasteiger charge is 2.48. The Bertz CT molecular complexity index is 359. The summed E-state index contributed by atoms with van der Waals surface area (Å²) in [4.78, 5) is 14.0. The standard InChI is InChI=1S/C15H27NO4/c1-14(2,3)20-13(17)16-7-6-11-8-15(18-4,19-5)9-12(11)10-16/h11-12H,6-10H2,1-5H3/t11-,12-/m1/s1. The smallest absolute Gasteiger partial charge is 0.410 e. The van der Waals surface area contributed by atoms with E-state index in [4.69, 9.17) is 14.2 Å². The largest absolute Gasteiger partial charge is 0.444 e. The highest BCUT2D eigenvalue weighted by molar-refractivity contribution is 5.68.